The van der Waals surface area contributed by atoms with Crippen molar-refractivity contribution in [3.8, 4) is 5.75 Å². The molecule has 0 aromatic heterocycles. The zero-order chi connectivity index (χ0) is 18.1. The zero-order valence-electron chi connectivity index (χ0n) is 13.5. The van der Waals surface area contributed by atoms with E-state index in [1.807, 2.05) is 0 Å². The molecule has 0 bridgehead atoms. The number of carbonyl (C=O) groups is 3. The van der Waals surface area contributed by atoms with E-state index < -0.39 is 17.9 Å². The largest absolute Gasteiger partial charge is 0.456 e. The van der Waals surface area contributed by atoms with E-state index in [1.54, 1.807) is 37.3 Å². The Morgan fingerprint density at radius 1 is 0.840 bits per heavy atom. The second-order valence-corrected chi connectivity index (χ2v) is 4.74. The van der Waals surface area contributed by atoms with Crippen LogP contribution in [0.1, 0.15) is 34.1 Å². The van der Waals surface area contributed by atoms with Crippen LogP contribution in [0.5, 0.6) is 5.75 Å². The minimum Gasteiger partial charge on any atom is -0.456 e. The first-order valence-electron chi connectivity index (χ1n) is 7.47. The summed E-state index contributed by atoms with van der Waals surface area (Å²) in [6, 6.07) is 14.2. The molecule has 7 nitrogen and oxygen atoms in total. The number of hydrogen-bond donors (Lipinski definition) is 0. The number of hydrogen-bond acceptors (Lipinski definition) is 7. The van der Waals surface area contributed by atoms with E-state index >= 15 is 0 Å². The third-order valence-electron chi connectivity index (χ3n) is 3.03. The molecule has 0 atom stereocenters. The third-order valence-corrected chi connectivity index (χ3v) is 3.03. The molecule has 0 aliphatic heterocycles. The monoisotopic (exact) mass is 344 g/mol. The maximum Gasteiger partial charge on any atom is 0.390 e. The standard InChI is InChI=1S/C18H16O7/c1-2-16(19)23-12-22-15-11-7-6-10-14(15)18(21)25-24-17(20)13-8-4-3-5-9-13/h3-11H,2,12H2,1H3. The Morgan fingerprint density at radius 3 is 2.20 bits per heavy atom. The molecule has 0 aliphatic carbocycles. The first-order chi connectivity index (χ1) is 12.1. The van der Waals surface area contributed by atoms with Crippen molar-refractivity contribution in [1.82, 2.24) is 0 Å². The Labute approximate surface area is 144 Å². The maximum atomic E-state index is 12.1. The fraction of sp³-hybridized carbons (Fsp3) is 0.167. The Morgan fingerprint density at radius 2 is 1.48 bits per heavy atom. The van der Waals surface area contributed by atoms with E-state index in [2.05, 4.69) is 9.78 Å². The second-order valence-electron chi connectivity index (χ2n) is 4.74. The van der Waals surface area contributed by atoms with Gasteiger partial charge in [-0.15, -0.1) is 0 Å². The van der Waals surface area contributed by atoms with Crippen LogP contribution in [0, 0.1) is 0 Å². The summed E-state index contributed by atoms with van der Waals surface area (Å²) in [4.78, 5) is 44.0. The summed E-state index contributed by atoms with van der Waals surface area (Å²) >= 11 is 0. The van der Waals surface area contributed by atoms with Gasteiger partial charge >= 0.3 is 17.9 Å². The number of rotatable bonds is 6. The summed E-state index contributed by atoms with van der Waals surface area (Å²) in [6.45, 7) is 1.30. The van der Waals surface area contributed by atoms with Crippen molar-refractivity contribution in [3.05, 3.63) is 65.7 Å². The van der Waals surface area contributed by atoms with Crippen LogP contribution in [0.2, 0.25) is 0 Å². The molecule has 0 unspecified atom stereocenters. The van der Waals surface area contributed by atoms with E-state index in [-0.39, 0.29) is 30.1 Å². The Hall–Kier alpha value is -3.35. The van der Waals surface area contributed by atoms with Crippen LogP contribution < -0.4 is 4.74 Å². The molecule has 0 heterocycles. The molecule has 7 heteroatoms. The van der Waals surface area contributed by atoms with Crippen LogP contribution in [0.15, 0.2) is 54.6 Å². The lowest BCUT2D eigenvalue weighted by Crippen LogP contribution is -2.14. The van der Waals surface area contributed by atoms with Gasteiger partial charge in [0.2, 0.25) is 6.79 Å². The average molecular weight is 344 g/mol. The molecule has 25 heavy (non-hydrogen) atoms. The van der Waals surface area contributed by atoms with Crippen LogP contribution in [-0.2, 0) is 19.3 Å². The lowest BCUT2D eigenvalue weighted by Gasteiger charge is -2.10. The van der Waals surface area contributed by atoms with Gasteiger partial charge in [0.05, 0.1) is 5.56 Å². The molecular weight excluding hydrogens is 328 g/mol. The second kappa shape index (κ2) is 9.07. The summed E-state index contributed by atoms with van der Waals surface area (Å²) in [6.07, 6.45) is 0.211. The van der Waals surface area contributed by atoms with Gasteiger partial charge in [-0.3, -0.25) is 4.79 Å². The summed E-state index contributed by atoms with van der Waals surface area (Å²) in [5.41, 5.74) is 0.266. The molecule has 2 rings (SSSR count). The maximum absolute atomic E-state index is 12.1. The van der Waals surface area contributed by atoms with Crippen molar-refractivity contribution in [2.24, 2.45) is 0 Å². The number of benzene rings is 2. The number of ether oxygens (including phenoxy) is 2. The van der Waals surface area contributed by atoms with Gasteiger partial charge < -0.3 is 9.47 Å². The molecule has 130 valence electrons. The van der Waals surface area contributed by atoms with Gasteiger partial charge in [-0.05, 0) is 24.3 Å². The molecule has 0 saturated carbocycles. The summed E-state index contributed by atoms with van der Waals surface area (Å²) < 4.78 is 10.0. The van der Waals surface area contributed by atoms with Crippen LogP contribution in [0.4, 0.5) is 0 Å². The molecule has 0 radical (unpaired) electrons. The number of para-hydroxylation sites is 1. The van der Waals surface area contributed by atoms with Gasteiger partial charge in [0, 0.05) is 6.42 Å². The molecule has 0 aliphatic rings. The Balaban J connectivity index is 1.95. The normalized spacial score (nSPS) is 9.80. The lowest BCUT2D eigenvalue weighted by atomic mass is 10.2. The summed E-state index contributed by atoms with van der Waals surface area (Å²) in [5, 5.41) is 0. The van der Waals surface area contributed by atoms with E-state index in [1.165, 1.54) is 24.3 Å². The topological polar surface area (TPSA) is 88.1 Å². The van der Waals surface area contributed by atoms with E-state index in [0.717, 1.165) is 0 Å². The van der Waals surface area contributed by atoms with Crippen molar-refractivity contribution in [1.29, 1.82) is 0 Å². The lowest BCUT2D eigenvalue weighted by molar-refractivity contribution is -0.187. The van der Waals surface area contributed by atoms with Gasteiger partial charge in [0.15, 0.2) is 0 Å². The van der Waals surface area contributed by atoms with Gasteiger partial charge in [0.25, 0.3) is 0 Å². The molecular formula is C18H16O7. The van der Waals surface area contributed by atoms with Crippen LogP contribution in [-0.4, -0.2) is 24.7 Å². The highest BCUT2D eigenvalue weighted by atomic mass is 17.2. The minimum atomic E-state index is -0.915. The summed E-state index contributed by atoms with van der Waals surface area (Å²) in [7, 11) is 0. The smallest absolute Gasteiger partial charge is 0.390 e. The van der Waals surface area contributed by atoms with Crippen LogP contribution in [0.3, 0.4) is 0 Å². The van der Waals surface area contributed by atoms with Gasteiger partial charge in [-0.2, -0.15) is 0 Å². The van der Waals surface area contributed by atoms with E-state index in [0.29, 0.717) is 0 Å². The highest BCUT2D eigenvalue weighted by Gasteiger charge is 2.18. The van der Waals surface area contributed by atoms with Crippen molar-refractivity contribution in [2.45, 2.75) is 13.3 Å². The fourth-order valence-electron chi connectivity index (χ4n) is 1.76. The van der Waals surface area contributed by atoms with Crippen molar-refractivity contribution in [3.63, 3.8) is 0 Å². The molecule has 0 spiro atoms. The van der Waals surface area contributed by atoms with Crippen LogP contribution >= 0.6 is 0 Å². The first kappa shape index (κ1) is 18.0. The zero-order valence-corrected chi connectivity index (χ0v) is 13.5. The van der Waals surface area contributed by atoms with Gasteiger partial charge in [-0.25, -0.2) is 19.4 Å². The highest BCUT2D eigenvalue weighted by Crippen LogP contribution is 2.19. The molecule has 2 aromatic rings. The SMILES string of the molecule is CCC(=O)OCOc1ccccc1C(=O)OOC(=O)c1ccccc1. The Bertz CT molecular complexity index is 740. The fourth-order valence-corrected chi connectivity index (χ4v) is 1.76. The molecule has 0 N–H and O–H groups in total. The predicted molar refractivity (Wildman–Crippen MR) is 85.6 cm³/mol. The molecule has 0 fully saturated rings. The van der Waals surface area contributed by atoms with E-state index in [4.69, 9.17) is 9.47 Å². The first-order valence-corrected chi connectivity index (χ1v) is 7.47. The third kappa shape index (κ3) is 5.35. The van der Waals surface area contributed by atoms with Crippen molar-refractivity contribution < 1.29 is 33.6 Å². The van der Waals surface area contributed by atoms with Gasteiger partial charge in [0.1, 0.15) is 11.3 Å². The highest BCUT2D eigenvalue weighted by molar-refractivity contribution is 5.94. The average Bonchev–Trinajstić information content (AvgIpc) is 2.66. The van der Waals surface area contributed by atoms with Gasteiger partial charge in [-0.1, -0.05) is 37.3 Å². The Kier molecular flexibility index (Phi) is 6.53. The van der Waals surface area contributed by atoms with Crippen molar-refractivity contribution >= 4 is 17.9 Å². The minimum absolute atomic E-state index is 0.0240. The van der Waals surface area contributed by atoms with Crippen LogP contribution in [0.25, 0.3) is 0 Å². The quantitative estimate of drug-likeness (QED) is 0.344. The number of carbonyl (C=O) groups excluding carboxylic acids is 3. The number of esters is 1. The predicted octanol–water partition coefficient (Wildman–Crippen LogP) is 2.90. The summed E-state index contributed by atoms with van der Waals surface area (Å²) in [5.74, 6) is -2.02. The molecule has 2 aromatic carbocycles. The van der Waals surface area contributed by atoms with E-state index in [9.17, 15) is 14.4 Å². The van der Waals surface area contributed by atoms with Crippen molar-refractivity contribution in [2.75, 3.05) is 6.79 Å². The molecule has 0 saturated heterocycles. The molecule has 0 amide bonds.